The zero-order valence-electron chi connectivity index (χ0n) is 13.6. The lowest BCUT2D eigenvalue weighted by molar-refractivity contribution is 0.0376. The van der Waals surface area contributed by atoms with Crippen LogP contribution in [0.3, 0.4) is 0 Å². The van der Waals surface area contributed by atoms with Gasteiger partial charge in [0.05, 0.1) is 54.4 Å². The van der Waals surface area contributed by atoms with Crippen molar-refractivity contribution in [2.75, 3.05) is 39.6 Å². The van der Waals surface area contributed by atoms with Crippen LogP contribution >= 0.6 is 22.9 Å². The number of amides is 1. The molecule has 0 bridgehead atoms. The van der Waals surface area contributed by atoms with Crippen LogP contribution in [-0.4, -0.2) is 86.4 Å². The van der Waals surface area contributed by atoms with Gasteiger partial charge in [-0.1, -0.05) is 11.6 Å². The Hall–Kier alpha value is -0.670. The summed E-state index contributed by atoms with van der Waals surface area (Å²) < 4.78 is 17.5. The summed E-state index contributed by atoms with van der Waals surface area (Å²) in [5.74, 6) is -0.839. The molecule has 0 aliphatic rings. The minimum atomic E-state index is -2.20. The van der Waals surface area contributed by atoms with Crippen molar-refractivity contribution in [3.8, 4) is 0 Å². The van der Waals surface area contributed by atoms with E-state index in [0.29, 0.717) is 0 Å². The molecule has 0 aliphatic carbocycles. The third-order valence-electron chi connectivity index (χ3n) is 3.42. The van der Waals surface area contributed by atoms with Gasteiger partial charge in [-0.05, 0) is 6.07 Å². The minimum Gasteiger partial charge on any atom is -0.394 e. The molecule has 150 valence electrons. The summed E-state index contributed by atoms with van der Waals surface area (Å²) in [6, 6.07) is 1.23. The van der Waals surface area contributed by atoms with Gasteiger partial charge in [0.1, 0.15) is 10.4 Å². The molecule has 0 aromatic carbocycles. The van der Waals surface area contributed by atoms with Gasteiger partial charge >= 0.3 is 0 Å². The molecule has 0 saturated heterocycles. The standard InChI is InChI=1S/C13H21ClN2O8S2/c14-9-1-8(26(23)24-7-12(15,2-17)3-18)10(25-9)11(22)16-13(4-19,5-20)6-21/h1,17-21H,2-7,15H2,(H,16,22). The van der Waals surface area contributed by atoms with Crippen LogP contribution in [0.15, 0.2) is 11.0 Å². The van der Waals surface area contributed by atoms with E-state index in [0.717, 1.165) is 11.3 Å². The van der Waals surface area contributed by atoms with Crippen molar-refractivity contribution in [3.63, 3.8) is 0 Å². The number of hydrogen-bond acceptors (Lipinski definition) is 10. The molecule has 13 heteroatoms. The summed E-state index contributed by atoms with van der Waals surface area (Å²) >= 11 is 4.44. The Morgan fingerprint density at radius 2 is 1.73 bits per heavy atom. The lowest BCUT2D eigenvalue weighted by atomic mass is 10.0. The Labute approximate surface area is 160 Å². The van der Waals surface area contributed by atoms with E-state index < -0.39 is 67.7 Å². The van der Waals surface area contributed by atoms with Crippen molar-refractivity contribution < 1.29 is 38.7 Å². The van der Waals surface area contributed by atoms with E-state index in [-0.39, 0.29) is 14.1 Å². The first-order chi connectivity index (χ1) is 12.2. The van der Waals surface area contributed by atoms with Crippen molar-refractivity contribution >= 4 is 39.9 Å². The number of carbonyl (C=O) groups is 1. The number of carbonyl (C=O) groups excluding carboxylic acids is 1. The second-order valence-corrected chi connectivity index (χ2v) is 8.46. The lowest BCUT2D eigenvalue weighted by Crippen LogP contribution is -2.57. The number of rotatable bonds is 11. The molecule has 0 fully saturated rings. The number of aliphatic hydroxyl groups is 5. The molecule has 1 rings (SSSR count). The quantitative estimate of drug-likeness (QED) is 0.200. The fraction of sp³-hybridized carbons (Fsp3) is 0.615. The summed E-state index contributed by atoms with van der Waals surface area (Å²) in [5, 5.41) is 48.3. The Balaban J connectivity index is 3.00. The first-order valence-electron chi connectivity index (χ1n) is 7.20. The maximum Gasteiger partial charge on any atom is 0.263 e. The SMILES string of the molecule is NC(CO)(CO)COS(=O)c1cc(Cl)sc1C(=O)NC(CO)(CO)CO. The van der Waals surface area contributed by atoms with E-state index >= 15 is 0 Å². The first kappa shape index (κ1) is 23.4. The normalized spacial score (nSPS) is 13.7. The number of halogens is 1. The van der Waals surface area contributed by atoms with Gasteiger partial charge in [-0.15, -0.1) is 11.3 Å². The highest BCUT2D eigenvalue weighted by Crippen LogP contribution is 2.30. The largest absolute Gasteiger partial charge is 0.394 e. The third-order valence-corrected chi connectivity index (χ3v) is 5.83. The molecule has 0 spiro atoms. The number of hydrogen-bond donors (Lipinski definition) is 7. The number of nitrogens with two attached hydrogens (primary N) is 1. The third kappa shape index (κ3) is 5.66. The van der Waals surface area contributed by atoms with Crippen LogP contribution in [0.4, 0.5) is 0 Å². The van der Waals surface area contributed by atoms with Crippen LogP contribution in [0.5, 0.6) is 0 Å². The molecular weight excluding hydrogens is 412 g/mol. The summed E-state index contributed by atoms with van der Waals surface area (Å²) in [6.07, 6.45) is 0. The van der Waals surface area contributed by atoms with Crippen LogP contribution in [0.25, 0.3) is 0 Å². The van der Waals surface area contributed by atoms with E-state index in [9.17, 15) is 24.3 Å². The molecule has 0 aliphatic heterocycles. The van der Waals surface area contributed by atoms with Crippen molar-refractivity contribution in [2.24, 2.45) is 5.73 Å². The molecule has 1 aromatic heterocycles. The molecule has 26 heavy (non-hydrogen) atoms. The molecule has 8 N–H and O–H groups in total. The molecule has 0 saturated carbocycles. The zero-order chi connectivity index (χ0) is 20.0. The van der Waals surface area contributed by atoms with Crippen molar-refractivity contribution in [1.29, 1.82) is 0 Å². The molecule has 1 heterocycles. The molecular formula is C13H21ClN2O8S2. The average Bonchev–Trinajstić information content (AvgIpc) is 3.06. The predicted molar refractivity (Wildman–Crippen MR) is 94.2 cm³/mol. The van der Waals surface area contributed by atoms with Crippen LogP contribution in [0, 0.1) is 0 Å². The summed E-state index contributed by atoms with van der Waals surface area (Å²) in [7, 11) is 0. The molecule has 1 aromatic rings. The topological polar surface area (TPSA) is 183 Å². The van der Waals surface area contributed by atoms with Crippen LogP contribution in [0.1, 0.15) is 9.67 Å². The highest BCUT2D eigenvalue weighted by atomic mass is 35.5. The maximum atomic E-state index is 12.4. The average molecular weight is 433 g/mol. The van der Waals surface area contributed by atoms with Crippen molar-refractivity contribution in [3.05, 3.63) is 15.3 Å². The fourth-order valence-electron chi connectivity index (χ4n) is 1.57. The Morgan fingerprint density at radius 1 is 1.19 bits per heavy atom. The molecule has 1 amide bonds. The summed E-state index contributed by atoms with van der Waals surface area (Å²) in [6.45, 7) is -3.91. The van der Waals surface area contributed by atoms with Crippen LogP contribution in [-0.2, 0) is 15.3 Å². The van der Waals surface area contributed by atoms with Gasteiger partial charge in [0.15, 0.2) is 11.1 Å². The number of aliphatic hydroxyl groups excluding tert-OH is 5. The molecule has 1 atom stereocenters. The van der Waals surface area contributed by atoms with Crippen LogP contribution in [0.2, 0.25) is 4.34 Å². The molecule has 1 unspecified atom stereocenters. The van der Waals surface area contributed by atoms with Gasteiger partial charge < -0.3 is 36.6 Å². The highest BCUT2D eigenvalue weighted by Gasteiger charge is 2.33. The van der Waals surface area contributed by atoms with Gasteiger partial charge in [-0.25, -0.2) is 4.21 Å². The van der Waals surface area contributed by atoms with Crippen molar-refractivity contribution in [2.45, 2.75) is 16.0 Å². The van der Waals surface area contributed by atoms with Gasteiger partial charge in [0.2, 0.25) is 0 Å². The zero-order valence-corrected chi connectivity index (χ0v) is 15.9. The first-order valence-corrected chi connectivity index (χ1v) is 9.47. The Kier molecular flexibility index (Phi) is 9.02. The van der Waals surface area contributed by atoms with Gasteiger partial charge in [-0.2, -0.15) is 0 Å². The highest BCUT2D eigenvalue weighted by molar-refractivity contribution is 7.80. The minimum absolute atomic E-state index is 0.0987. The smallest absolute Gasteiger partial charge is 0.263 e. The second-order valence-electron chi connectivity index (χ2n) is 5.63. The van der Waals surface area contributed by atoms with Gasteiger partial charge in [-0.3, -0.25) is 8.98 Å². The Morgan fingerprint density at radius 3 is 2.19 bits per heavy atom. The lowest BCUT2D eigenvalue weighted by Gasteiger charge is -2.28. The van der Waals surface area contributed by atoms with Gasteiger partial charge in [0, 0.05) is 0 Å². The van der Waals surface area contributed by atoms with Gasteiger partial charge in [0.25, 0.3) is 5.91 Å². The van der Waals surface area contributed by atoms with Crippen molar-refractivity contribution in [1.82, 2.24) is 5.32 Å². The fourth-order valence-corrected chi connectivity index (χ4v) is 3.98. The van der Waals surface area contributed by atoms with Crippen LogP contribution < -0.4 is 11.1 Å². The van der Waals surface area contributed by atoms with E-state index in [1.165, 1.54) is 6.07 Å². The number of thiophene rings is 1. The van der Waals surface area contributed by atoms with E-state index in [4.69, 9.17) is 31.7 Å². The second kappa shape index (κ2) is 10.0. The Bertz CT molecular complexity index is 625. The summed E-state index contributed by atoms with van der Waals surface area (Å²) in [5.41, 5.74) is 2.43. The predicted octanol–water partition coefficient (Wildman–Crippen LogP) is -2.43. The molecule has 0 radical (unpaired) electrons. The monoisotopic (exact) mass is 432 g/mol. The molecule has 10 nitrogen and oxygen atoms in total. The van der Waals surface area contributed by atoms with E-state index in [1.807, 2.05) is 0 Å². The maximum absolute atomic E-state index is 12.4. The summed E-state index contributed by atoms with van der Waals surface area (Å²) in [4.78, 5) is 12.2. The number of nitrogens with one attached hydrogen (secondary N) is 1. The van der Waals surface area contributed by atoms with E-state index in [2.05, 4.69) is 5.32 Å². The van der Waals surface area contributed by atoms with E-state index in [1.54, 1.807) is 0 Å².